The highest BCUT2D eigenvalue weighted by atomic mass is 35.5. The van der Waals surface area contributed by atoms with Crippen molar-refractivity contribution in [3.05, 3.63) is 90.1 Å². The molecule has 2 aromatic heterocycles. The van der Waals surface area contributed by atoms with Gasteiger partial charge in [-0.05, 0) is 47.3 Å². The van der Waals surface area contributed by atoms with Crippen LogP contribution >= 0.6 is 11.8 Å². The highest BCUT2D eigenvalue weighted by Crippen LogP contribution is 2.36. The normalized spacial score (nSPS) is 10.8. The van der Waals surface area contributed by atoms with Crippen molar-refractivity contribution in [3.8, 4) is 28.7 Å². The van der Waals surface area contributed by atoms with Gasteiger partial charge in [-0.1, -0.05) is 71.9 Å². The van der Waals surface area contributed by atoms with Crippen LogP contribution in [0.5, 0.6) is 11.5 Å². The maximum Gasteiger partial charge on any atom is 0.461 e. The Morgan fingerprint density at radius 2 is 1.61 bits per heavy atom. The molecule has 36 heavy (non-hydrogen) atoms. The summed E-state index contributed by atoms with van der Waals surface area (Å²) in [5.41, 5.74) is 4.44. The van der Waals surface area contributed by atoms with Crippen molar-refractivity contribution < 1.29 is 26.4 Å². The summed E-state index contributed by atoms with van der Waals surface area (Å²) in [5.74, 6) is 2.00. The fraction of sp³-hybridized carbons (Fsp3) is 0.179. The summed E-state index contributed by atoms with van der Waals surface area (Å²) in [6.07, 6.45) is 4.05. The van der Waals surface area contributed by atoms with Crippen molar-refractivity contribution in [1.29, 1.82) is 0 Å². The zero-order valence-electron chi connectivity index (χ0n) is 20.6. The molecule has 2 heterocycles. The van der Waals surface area contributed by atoms with Crippen molar-refractivity contribution in [2.75, 3.05) is 20.5 Å². The van der Waals surface area contributed by atoms with Gasteiger partial charge in [0.2, 0.25) is 0 Å². The number of thioether (sulfide) groups is 1. The van der Waals surface area contributed by atoms with E-state index in [2.05, 4.69) is 54.0 Å². The highest BCUT2D eigenvalue weighted by molar-refractivity contribution is 7.98. The second-order valence-electron chi connectivity index (χ2n) is 8.24. The first-order chi connectivity index (χ1) is 17.1. The zero-order chi connectivity index (χ0) is 24.4. The van der Waals surface area contributed by atoms with E-state index in [0.717, 1.165) is 27.2 Å². The van der Waals surface area contributed by atoms with Crippen LogP contribution in [0.15, 0.2) is 84.1 Å². The van der Waals surface area contributed by atoms with E-state index >= 15 is 0 Å². The number of methoxy groups -OCH3 is 2. The minimum atomic E-state index is 0. The van der Waals surface area contributed by atoms with E-state index in [4.69, 9.17) is 19.6 Å². The minimum absolute atomic E-state index is 0. The number of pyridine rings is 1. The molecule has 0 amide bonds. The molecule has 0 N–H and O–H groups in total. The van der Waals surface area contributed by atoms with Crippen molar-refractivity contribution >= 4 is 22.5 Å². The summed E-state index contributed by atoms with van der Waals surface area (Å²) in [7, 11) is 3.31. The first kappa shape index (κ1) is 25.5. The maximum absolute atomic E-state index is 5.63. The summed E-state index contributed by atoms with van der Waals surface area (Å²) < 4.78 is 15.2. The van der Waals surface area contributed by atoms with E-state index in [0.29, 0.717) is 24.0 Å². The molecule has 0 aliphatic rings. The number of hydrogen-bond donors (Lipinski definition) is 0. The Balaban J connectivity index is 0.00000304. The number of fused-ring (bicyclic) bond motifs is 1. The number of nitrogens with zero attached hydrogens (tertiary/aromatic N) is 4. The smallest absolute Gasteiger partial charge is 0.461 e. The summed E-state index contributed by atoms with van der Waals surface area (Å²) in [6.45, 7) is 2.75. The topological polar surface area (TPSA) is 53.0 Å². The van der Waals surface area contributed by atoms with Crippen LogP contribution in [0, 0.1) is 6.92 Å². The Morgan fingerprint density at radius 1 is 0.917 bits per heavy atom. The molecule has 0 saturated heterocycles. The Kier molecular flexibility index (Phi) is 7.82. The monoisotopic (exact) mass is 518 g/mol. The van der Waals surface area contributed by atoms with Gasteiger partial charge in [0.15, 0.2) is 11.5 Å². The molecule has 0 spiro atoms. The van der Waals surface area contributed by atoms with E-state index < -0.39 is 0 Å². The largest absolute Gasteiger partial charge is 1.00 e. The van der Waals surface area contributed by atoms with Crippen LogP contribution in [0.2, 0.25) is 0 Å². The Morgan fingerprint density at radius 3 is 2.28 bits per heavy atom. The van der Waals surface area contributed by atoms with Crippen LogP contribution in [0.4, 0.5) is 0 Å². The summed E-state index contributed by atoms with van der Waals surface area (Å²) in [5, 5.41) is 7.86. The van der Waals surface area contributed by atoms with E-state index in [-0.39, 0.29) is 12.4 Å². The Bertz CT molecular complexity index is 1490. The lowest BCUT2D eigenvalue weighted by Gasteiger charge is -2.13. The second-order valence-corrected chi connectivity index (χ2v) is 9.01. The first-order valence-corrected chi connectivity index (χ1v) is 12.5. The molecule has 0 saturated carbocycles. The number of aromatic nitrogens is 4. The molecule has 5 aromatic rings. The molecule has 0 unspecified atom stereocenters. The van der Waals surface area contributed by atoms with Gasteiger partial charge < -0.3 is 21.9 Å². The molecule has 0 fully saturated rings. The number of benzene rings is 3. The standard InChI is InChI=1S/C28H27N4O2S.ClH/c1-19-10-12-21(13-11-19)26-23-17-25(34-3)24(33-2)16-22(23)14-15-31(26)27-29-28(35-4)32(30-27)18-20-8-6-5-7-9-20;/h5-17H,18H2,1-4H3;1H/q+1;/p-1. The third-order valence-electron chi connectivity index (χ3n) is 5.98. The van der Waals surface area contributed by atoms with Crippen LogP contribution in [-0.2, 0) is 6.54 Å². The van der Waals surface area contributed by atoms with Crippen LogP contribution in [0.1, 0.15) is 11.1 Å². The van der Waals surface area contributed by atoms with Crippen LogP contribution in [-0.4, -0.2) is 35.2 Å². The fourth-order valence-corrected chi connectivity index (χ4v) is 4.69. The molecule has 3 aromatic carbocycles. The quantitative estimate of drug-likeness (QED) is 0.245. The number of hydrogen-bond acceptors (Lipinski definition) is 5. The second kappa shape index (κ2) is 11.0. The lowest BCUT2D eigenvalue weighted by Crippen LogP contribution is -3.00. The first-order valence-electron chi connectivity index (χ1n) is 11.3. The third kappa shape index (κ3) is 4.90. The van der Waals surface area contributed by atoms with Crippen molar-refractivity contribution in [2.45, 2.75) is 18.6 Å². The van der Waals surface area contributed by atoms with Gasteiger partial charge in [0, 0.05) is 16.0 Å². The van der Waals surface area contributed by atoms with Gasteiger partial charge in [-0.2, -0.15) is 9.25 Å². The SMILES string of the molecule is COc1cc2cc[n+](-c3nc(SC)n(Cc4ccccc4)n3)c(-c3ccc(C)cc3)c2cc1OC.[Cl-]. The number of ether oxygens (including phenoxy) is 2. The molecule has 0 bridgehead atoms. The Hall–Kier alpha value is -3.55. The van der Waals surface area contributed by atoms with Crippen LogP contribution in [0.3, 0.4) is 0 Å². The number of halogens is 1. The van der Waals surface area contributed by atoms with Gasteiger partial charge in [-0.3, -0.25) is 0 Å². The number of aryl methyl sites for hydroxylation is 1. The molecule has 184 valence electrons. The zero-order valence-corrected chi connectivity index (χ0v) is 22.2. The van der Waals surface area contributed by atoms with E-state index in [1.165, 1.54) is 11.1 Å². The summed E-state index contributed by atoms with van der Waals surface area (Å²) in [4.78, 5) is 4.90. The van der Waals surface area contributed by atoms with Gasteiger partial charge >= 0.3 is 5.95 Å². The molecular formula is C28H27ClN4O2S. The number of rotatable bonds is 7. The van der Waals surface area contributed by atoms with Crippen molar-refractivity contribution in [3.63, 3.8) is 0 Å². The molecular weight excluding hydrogens is 492 g/mol. The van der Waals surface area contributed by atoms with Crippen molar-refractivity contribution in [2.24, 2.45) is 0 Å². The fourth-order valence-electron chi connectivity index (χ4n) is 4.20. The molecule has 0 radical (unpaired) electrons. The van der Waals surface area contributed by atoms with Gasteiger partial charge in [0.25, 0.3) is 5.16 Å². The summed E-state index contributed by atoms with van der Waals surface area (Å²) >= 11 is 1.59. The van der Waals surface area contributed by atoms with E-state index in [1.807, 2.05) is 47.5 Å². The maximum atomic E-state index is 5.63. The molecule has 0 atom stereocenters. The predicted molar refractivity (Wildman–Crippen MR) is 140 cm³/mol. The van der Waals surface area contributed by atoms with Crippen LogP contribution < -0.4 is 26.4 Å². The van der Waals surface area contributed by atoms with Gasteiger partial charge in [0.1, 0.15) is 5.69 Å². The lowest BCUT2D eigenvalue weighted by atomic mass is 10.0. The average molecular weight is 519 g/mol. The van der Waals surface area contributed by atoms with E-state index in [9.17, 15) is 0 Å². The molecule has 0 aliphatic heterocycles. The molecule has 0 aliphatic carbocycles. The summed E-state index contributed by atoms with van der Waals surface area (Å²) in [6, 6.07) is 24.9. The lowest BCUT2D eigenvalue weighted by molar-refractivity contribution is -0.590. The van der Waals surface area contributed by atoms with Crippen molar-refractivity contribution in [1.82, 2.24) is 14.8 Å². The Labute approximate surface area is 221 Å². The third-order valence-corrected chi connectivity index (χ3v) is 6.65. The molecule has 8 heteroatoms. The highest BCUT2D eigenvalue weighted by Gasteiger charge is 2.26. The molecule has 5 rings (SSSR count). The predicted octanol–water partition coefficient (Wildman–Crippen LogP) is 2.47. The van der Waals surface area contributed by atoms with E-state index in [1.54, 1.807) is 26.0 Å². The van der Waals surface area contributed by atoms with Gasteiger partial charge in [-0.15, -0.1) is 0 Å². The average Bonchev–Trinajstić information content (AvgIpc) is 3.30. The van der Waals surface area contributed by atoms with Gasteiger partial charge in [-0.25, -0.2) is 0 Å². The molecule has 6 nitrogen and oxygen atoms in total. The minimum Gasteiger partial charge on any atom is -1.00 e. The van der Waals surface area contributed by atoms with Gasteiger partial charge in [0.05, 0.1) is 27.0 Å². The van der Waals surface area contributed by atoms with Crippen LogP contribution in [0.25, 0.3) is 28.0 Å².